The van der Waals surface area contributed by atoms with Gasteiger partial charge in [-0.2, -0.15) is 0 Å². The van der Waals surface area contributed by atoms with Gasteiger partial charge in [-0.3, -0.25) is 9.59 Å². The molecule has 6 nitrogen and oxygen atoms in total. The highest BCUT2D eigenvalue weighted by Gasteiger charge is 2.15. The summed E-state index contributed by atoms with van der Waals surface area (Å²) in [5.74, 6) is 2.72. The fourth-order valence-electron chi connectivity index (χ4n) is 3.65. The molecule has 0 spiro atoms. The molecule has 3 N–H and O–H groups in total. The van der Waals surface area contributed by atoms with Crippen molar-refractivity contribution in [3.63, 3.8) is 0 Å². The molecule has 0 saturated heterocycles. The molecule has 2 bridgehead atoms. The Morgan fingerprint density at radius 1 is 1.15 bits per heavy atom. The fourth-order valence-corrected chi connectivity index (χ4v) is 6.28. The van der Waals surface area contributed by atoms with Gasteiger partial charge in [-0.05, 0) is 59.7 Å². The zero-order valence-corrected chi connectivity index (χ0v) is 20.6. The third-order valence-corrected chi connectivity index (χ3v) is 8.19. The molecule has 3 rings (SSSR count). The summed E-state index contributed by atoms with van der Waals surface area (Å²) in [4.78, 5) is 29.1. The monoisotopic (exact) mass is 486 g/mol. The van der Waals surface area contributed by atoms with E-state index in [2.05, 4.69) is 18.0 Å². The van der Waals surface area contributed by atoms with E-state index in [1.165, 1.54) is 13.2 Å². The second-order valence-electron chi connectivity index (χ2n) is 8.16. The molecule has 2 heterocycles. The number of ketones is 2. The Labute approximate surface area is 202 Å². The first-order chi connectivity index (χ1) is 15.9. The van der Waals surface area contributed by atoms with E-state index in [1.807, 2.05) is 0 Å². The topological polar surface area (TPSA) is 103 Å². The van der Waals surface area contributed by atoms with E-state index in [9.17, 15) is 14.7 Å². The second-order valence-corrected chi connectivity index (χ2v) is 10.7. The van der Waals surface area contributed by atoms with Crippen LogP contribution in [0.1, 0.15) is 54.9 Å². The maximum Gasteiger partial charge on any atom is 0.163 e. The van der Waals surface area contributed by atoms with Gasteiger partial charge in [0.25, 0.3) is 0 Å². The fraction of sp³-hybridized carbons (Fsp3) is 0.400. The molecule has 33 heavy (non-hydrogen) atoms. The number of phenols is 1. The summed E-state index contributed by atoms with van der Waals surface area (Å²) in [6, 6.07) is 5.38. The van der Waals surface area contributed by atoms with Crippen LogP contribution < -0.4 is 10.5 Å². The van der Waals surface area contributed by atoms with E-state index < -0.39 is 0 Å². The number of allylic oxidation sites excluding steroid dienone is 1. The lowest BCUT2D eigenvalue weighted by Gasteiger charge is -2.14. The molecule has 2 aromatic rings. The smallest absolute Gasteiger partial charge is 0.163 e. The van der Waals surface area contributed by atoms with E-state index in [4.69, 9.17) is 10.5 Å². The summed E-state index contributed by atoms with van der Waals surface area (Å²) in [6.07, 6.45) is 7.47. The third kappa shape index (κ3) is 7.27. The van der Waals surface area contributed by atoms with Gasteiger partial charge in [-0.1, -0.05) is 41.0 Å². The van der Waals surface area contributed by atoms with Gasteiger partial charge in [0.2, 0.25) is 0 Å². The molecule has 176 valence electrons. The minimum atomic E-state index is -0.228. The highest BCUT2D eigenvalue weighted by Crippen LogP contribution is 2.34. The Morgan fingerprint density at radius 3 is 2.73 bits per heavy atom. The number of benzene rings is 1. The van der Waals surface area contributed by atoms with E-state index in [-0.39, 0.29) is 23.7 Å². The molecule has 0 amide bonds. The molecule has 0 fully saturated rings. The van der Waals surface area contributed by atoms with E-state index in [1.54, 1.807) is 46.0 Å². The number of pyridine rings is 1. The lowest BCUT2D eigenvalue weighted by Crippen LogP contribution is -2.09. The Bertz CT molecular complexity index is 1040. The minimum absolute atomic E-state index is 0.0226. The van der Waals surface area contributed by atoms with Gasteiger partial charge in [0.05, 0.1) is 13.5 Å². The number of carbonyl (C=O) groups excluding carboxylic acids is 2. The number of anilines is 1. The summed E-state index contributed by atoms with van der Waals surface area (Å²) in [5, 5.41) is 10.3. The van der Waals surface area contributed by atoms with Crippen molar-refractivity contribution in [2.24, 2.45) is 5.92 Å². The maximum atomic E-state index is 12.4. The Hall–Kier alpha value is -2.45. The summed E-state index contributed by atoms with van der Waals surface area (Å²) in [5.41, 5.74) is 9.60. The largest absolute Gasteiger partial charge is 0.504 e. The molecule has 8 heteroatoms. The van der Waals surface area contributed by atoms with Gasteiger partial charge in [0, 0.05) is 29.7 Å². The number of ether oxygens (including phenoxy) is 1. The lowest BCUT2D eigenvalue weighted by molar-refractivity contribution is -0.124. The van der Waals surface area contributed by atoms with Crippen LogP contribution in [0.15, 0.2) is 30.5 Å². The van der Waals surface area contributed by atoms with Crippen LogP contribution >= 0.6 is 21.6 Å². The lowest BCUT2D eigenvalue weighted by atomic mass is 9.97. The first-order valence-electron chi connectivity index (χ1n) is 11.0. The van der Waals surface area contributed by atoms with E-state index in [0.717, 1.165) is 46.6 Å². The number of nitrogens with two attached hydrogens (primary N) is 1. The number of Topliss-reactive ketones (excluding diaryl/α,β-unsaturated/α-hetero) is 1. The number of fused-ring (bicyclic) bond motifs is 3. The van der Waals surface area contributed by atoms with Crippen molar-refractivity contribution in [2.75, 3.05) is 18.6 Å². The van der Waals surface area contributed by atoms with Crippen LogP contribution in [0.3, 0.4) is 0 Å². The summed E-state index contributed by atoms with van der Waals surface area (Å²) in [7, 11) is 4.99. The van der Waals surface area contributed by atoms with Gasteiger partial charge in [-0.15, -0.1) is 0 Å². The zero-order valence-electron chi connectivity index (χ0n) is 19.0. The summed E-state index contributed by atoms with van der Waals surface area (Å²) in [6.45, 7) is 2.13. The molecular weight excluding hydrogens is 456 g/mol. The highest BCUT2D eigenvalue weighted by atomic mass is 33.1. The average Bonchev–Trinajstić information content (AvgIpc) is 2.79. The average molecular weight is 487 g/mol. The van der Waals surface area contributed by atoms with Gasteiger partial charge < -0.3 is 15.6 Å². The van der Waals surface area contributed by atoms with Crippen molar-refractivity contribution in [1.29, 1.82) is 0 Å². The summed E-state index contributed by atoms with van der Waals surface area (Å²) >= 11 is 0. The number of rotatable bonds is 2. The first-order valence-corrected chi connectivity index (χ1v) is 13.5. The number of aromatic hydroxyl groups is 1. The number of carbonyl (C=O) groups is 2. The number of phenolic OH excluding ortho intramolecular Hbond substituents is 1. The molecule has 1 aromatic carbocycles. The van der Waals surface area contributed by atoms with Crippen LogP contribution in [-0.4, -0.2) is 34.5 Å². The van der Waals surface area contributed by atoms with Crippen molar-refractivity contribution < 1.29 is 19.4 Å². The molecule has 1 aliphatic heterocycles. The molecule has 1 aliphatic rings. The number of nitrogen functional groups attached to an aromatic ring is 1. The van der Waals surface area contributed by atoms with Crippen LogP contribution in [0.25, 0.3) is 6.08 Å². The van der Waals surface area contributed by atoms with Crippen molar-refractivity contribution in [3.8, 4) is 11.5 Å². The number of hydrogen-bond acceptors (Lipinski definition) is 8. The van der Waals surface area contributed by atoms with Crippen LogP contribution in [0.5, 0.6) is 11.5 Å². The van der Waals surface area contributed by atoms with Crippen LogP contribution in [0.4, 0.5) is 5.82 Å². The van der Waals surface area contributed by atoms with Gasteiger partial charge >= 0.3 is 0 Å². The second kappa shape index (κ2) is 12.1. The zero-order chi connectivity index (χ0) is 23.8. The number of nitrogens with zero attached hydrogens (tertiary/aromatic N) is 1. The maximum absolute atomic E-state index is 12.4. The minimum Gasteiger partial charge on any atom is -0.504 e. The van der Waals surface area contributed by atoms with Crippen molar-refractivity contribution in [3.05, 3.63) is 52.7 Å². The van der Waals surface area contributed by atoms with Crippen molar-refractivity contribution in [2.45, 2.75) is 44.8 Å². The quantitative estimate of drug-likeness (QED) is 0.440. The van der Waals surface area contributed by atoms with Gasteiger partial charge in [0.1, 0.15) is 11.6 Å². The normalized spacial score (nSPS) is 18.3. The Balaban J connectivity index is 1.95. The molecule has 0 radical (unpaired) electrons. The van der Waals surface area contributed by atoms with Crippen molar-refractivity contribution in [1.82, 2.24) is 4.98 Å². The number of aromatic nitrogens is 1. The van der Waals surface area contributed by atoms with Crippen LogP contribution in [0, 0.1) is 5.92 Å². The Morgan fingerprint density at radius 2 is 1.97 bits per heavy atom. The van der Waals surface area contributed by atoms with Gasteiger partial charge in [0.15, 0.2) is 17.3 Å². The molecule has 0 aliphatic carbocycles. The SMILES string of the molecule is CC[C@@H]1CCC(=O)CC(=O)C=Cc2cc(OC)c(O)cc2Cc2cnc(N)c(c2)CSSC1. The standard InChI is InChI=1S/C25H30N2O4S2/c1-3-16-4-6-21(28)12-22(29)7-5-18-11-24(31-2)23(30)10-19(18)8-17-9-20(15-33-32-14-16)25(26)27-13-17/h5,7,9-11,13,16,30H,3-4,6,8,12,14-15H2,1-2H3,(H2,26,27)/t16-/m1/s1. The predicted octanol–water partition coefficient (Wildman–Crippen LogP) is 5.21. The number of methoxy groups -OCH3 is 1. The van der Waals surface area contributed by atoms with Crippen LogP contribution in [0.2, 0.25) is 0 Å². The third-order valence-electron chi connectivity index (χ3n) is 5.72. The summed E-state index contributed by atoms with van der Waals surface area (Å²) < 4.78 is 5.24. The highest BCUT2D eigenvalue weighted by molar-refractivity contribution is 8.76. The predicted molar refractivity (Wildman–Crippen MR) is 137 cm³/mol. The van der Waals surface area contributed by atoms with Crippen molar-refractivity contribution >= 4 is 45.0 Å². The number of hydrogen-bond donors (Lipinski definition) is 2. The molecule has 1 aromatic heterocycles. The molecular formula is C25H30N2O4S2. The van der Waals surface area contributed by atoms with E-state index in [0.29, 0.717) is 30.3 Å². The van der Waals surface area contributed by atoms with Crippen LogP contribution in [-0.2, 0) is 21.8 Å². The first kappa shape index (κ1) is 25.2. The van der Waals surface area contributed by atoms with E-state index >= 15 is 0 Å². The molecule has 0 saturated carbocycles. The Kier molecular flexibility index (Phi) is 9.26. The molecule has 0 unspecified atom stereocenters. The van der Waals surface area contributed by atoms with Gasteiger partial charge in [-0.25, -0.2) is 4.98 Å². The molecule has 1 atom stereocenters.